The van der Waals surface area contributed by atoms with Gasteiger partial charge in [-0.3, -0.25) is 4.79 Å². The average Bonchev–Trinajstić information content (AvgIpc) is 2.38. The van der Waals surface area contributed by atoms with E-state index in [0.717, 1.165) is 32.0 Å². The maximum atomic E-state index is 10.6. The zero-order chi connectivity index (χ0) is 15.0. The van der Waals surface area contributed by atoms with Crippen LogP contribution in [0.2, 0.25) is 0 Å². The van der Waals surface area contributed by atoms with Crippen LogP contribution in [0.15, 0.2) is 0 Å². The number of amides is 1. The molecule has 2 aliphatic rings. The number of hydrogen-bond acceptors (Lipinski definition) is 3. The van der Waals surface area contributed by atoms with Crippen LogP contribution in [0.3, 0.4) is 0 Å². The normalized spacial score (nSPS) is 21.4. The van der Waals surface area contributed by atoms with Crippen molar-refractivity contribution in [2.75, 3.05) is 40.4 Å². The molecule has 1 aliphatic heterocycles. The minimum absolute atomic E-state index is 0.612. The maximum absolute atomic E-state index is 10.6. The van der Waals surface area contributed by atoms with Crippen molar-refractivity contribution in [2.24, 2.45) is 17.3 Å². The van der Waals surface area contributed by atoms with E-state index in [9.17, 15) is 4.79 Å². The maximum Gasteiger partial charge on any atom is 0.209 e. The number of rotatable bonds is 5. The van der Waals surface area contributed by atoms with E-state index in [-0.39, 0.29) is 0 Å². The van der Waals surface area contributed by atoms with Gasteiger partial charge in [-0.2, -0.15) is 0 Å². The number of carbonyl (C=O) groups excluding carboxylic acids is 1. The molecule has 4 nitrogen and oxygen atoms in total. The third-order valence-electron chi connectivity index (χ3n) is 4.44. The highest BCUT2D eigenvalue weighted by molar-refractivity contribution is 5.47. The fourth-order valence-electron chi connectivity index (χ4n) is 3.44. The van der Waals surface area contributed by atoms with E-state index in [1.165, 1.54) is 32.2 Å². The van der Waals surface area contributed by atoms with Crippen molar-refractivity contribution in [3.8, 4) is 0 Å². The number of carbonyl (C=O) groups is 1. The first-order chi connectivity index (χ1) is 9.55. The monoisotopic (exact) mass is 284 g/mol. The lowest BCUT2D eigenvalue weighted by molar-refractivity contribution is -0.122. The van der Waals surface area contributed by atoms with Crippen molar-refractivity contribution in [1.29, 1.82) is 0 Å². The minimum atomic E-state index is 0.612. The van der Waals surface area contributed by atoms with Crippen LogP contribution in [-0.4, -0.2) is 51.7 Å². The number of hydrogen-bond donors (Lipinski definition) is 1. The molecular weight excluding hydrogens is 252 g/mol. The Morgan fingerprint density at radius 1 is 1.35 bits per heavy atom. The topological polar surface area (TPSA) is 41.6 Å². The molecule has 4 heteroatoms. The molecule has 0 unspecified atom stereocenters. The lowest BCUT2D eigenvalue weighted by atomic mass is 9.57. The summed E-state index contributed by atoms with van der Waals surface area (Å²) in [6.45, 7) is 8.26. The molecular formula is C16H32N2O2. The molecule has 118 valence electrons. The molecule has 1 N–H and O–H groups in total. The van der Waals surface area contributed by atoms with Gasteiger partial charge in [0.05, 0.1) is 0 Å². The summed E-state index contributed by atoms with van der Waals surface area (Å²) in [6.07, 6.45) is 6.20. The highest BCUT2D eigenvalue weighted by atomic mass is 16.5. The number of methoxy groups -OCH3 is 1. The standard InChI is InChI=1S/C11H20N2O.C5H12O/c1-12-8-10-6-11(7-10)2-4-13(9-14)5-3-11;1-5(2)4-6-3/h9-10,12H,2-8H2,1H3;5H,4H2,1-3H3. The largest absolute Gasteiger partial charge is 0.384 e. The number of likely N-dealkylation sites (tertiary alicyclic amines) is 1. The Balaban J connectivity index is 0.000000286. The van der Waals surface area contributed by atoms with E-state index in [1.807, 2.05) is 11.9 Å². The van der Waals surface area contributed by atoms with E-state index in [4.69, 9.17) is 4.74 Å². The van der Waals surface area contributed by atoms with E-state index < -0.39 is 0 Å². The Bertz CT molecular complexity index is 266. The molecule has 1 saturated heterocycles. The molecule has 1 heterocycles. The number of nitrogens with one attached hydrogen (secondary N) is 1. The zero-order valence-corrected chi connectivity index (χ0v) is 13.7. The smallest absolute Gasteiger partial charge is 0.209 e. The molecule has 0 bridgehead atoms. The van der Waals surface area contributed by atoms with Gasteiger partial charge < -0.3 is 15.0 Å². The van der Waals surface area contributed by atoms with Crippen LogP contribution in [0, 0.1) is 17.3 Å². The molecule has 0 aromatic rings. The molecule has 1 amide bonds. The third-order valence-corrected chi connectivity index (χ3v) is 4.44. The van der Waals surface area contributed by atoms with E-state index in [1.54, 1.807) is 7.11 Å². The van der Waals surface area contributed by atoms with Crippen molar-refractivity contribution in [3.63, 3.8) is 0 Å². The van der Waals surface area contributed by atoms with Gasteiger partial charge in [-0.25, -0.2) is 0 Å². The van der Waals surface area contributed by atoms with E-state index >= 15 is 0 Å². The summed E-state index contributed by atoms with van der Waals surface area (Å²) in [5.74, 6) is 1.57. The molecule has 0 radical (unpaired) electrons. The number of ether oxygens (including phenoxy) is 1. The lowest BCUT2D eigenvalue weighted by Crippen LogP contribution is -2.48. The van der Waals surface area contributed by atoms with Gasteiger partial charge in [-0.05, 0) is 56.5 Å². The summed E-state index contributed by atoms with van der Waals surface area (Å²) >= 11 is 0. The van der Waals surface area contributed by atoms with Crippen molar-refractivity contribution in [2.45, 2.75) is 39.5 Å². The predicted molar refractivity (Wildman–Crippen MR) is 82.7 cm³/mol. The van der Waals surface area contributed by atoms with Crippen LogP contribution in [0.25, 0.3) is 0 Å². The second-order valence-electron chi connectivity index (χ2n) is 6.82. The van der Waals surface area contributed by atoms with Gasteiger partial charge in [0.1, 0.15) is 0 Å². The van der Waals surface area contributed by atoms with Gasteiger partial charge in [0, 0.05) is 26.8 Å². The van der Waals surface area contributed by atoms with Crippen molar-refractivity contribution in [3.05, 3.63) is 0 Å². The minimum Gasteiger partial charge on any atom is -0.384 e. The second kappa shape index (κ2) is 8.63. The summed E-state index contributed by atoms with van der Waals surface area (Å²) < 4.78 is 4.80. The van der Waals surface area contributed by atoms with Gasteiger partial charge >= 0.3 is 0 Å². The lowest BCUT2D eigenvalue weighted by Gasteiger charge is -2.52. The van der Waals surface area contributed by atoms with Gasteiger partial charge in [0.15, 0.2) is 0 Å². The SMILES string of the molecule is CNCC1CC2(CCN(C=O)CC2)C1.COCC(C)C. The molecule has 0 atom stereocenters. The Hall–Kier alpha value is -0.610. The molecule has 2 rings (SSSR count). The third kappa shape index (κ3) is 5.41. The first-order valence-corrected chi connectivity index (χ1v) is 7.88. The van der Waals surface area contributed by atoms with Crippen LogP contribution in [0.1, 0.15) is 39.5 Å². The first kappa shape index (κ1) is 17.4. The van der Waals surface area contributed by atoms with Crippen molar-refractivity contribution in [1.82, 2.24) is 10.2 Å². The Kier molecular flexibility index (Phi) is 7.52. The zero-order valence-electron chi connectivity index (χ0n) is 13.7. The van der Waals surface area contributed by atoms with Gasteiger partial charge in [0.25, 0.3) is 0 Å². The Labute approximate surface area is 124 Å². The van der Waals surface area contributed by atoms with E-state index in [0.29, 0.717) is 11.3 Å². The summed E-state index contributed by atoms with van der Waals surface area (Å²) in [5.41, 5.74) is 0.612. The predicted octanol–water partition coefficient (Wildman–Crippen LogP) is 2.14. The molecule has 2 fully saturated rings. The molecule has 20 heavy (non-hydrogen) atoms. The molecule has 0 aromatic carbocycles. The summed E-state index contributed by atoms with van der Waals surface area (Å²) in [4.78, 5) is 12.5. The number of piperidine rings is 1. The first-order valence-electron chi connectivity index (χ1n) is 7.88. The average molecular weight is 284 g/mol. The van der Waals surface area contributed by atoms with Gasteiger partial charge in [-0.15, -0.1) is 0 Å². The van der Waals surface area contributed by atoms with Crippen molar-refractivity contribution < 1.29 is 9.53 Å². The molecule has 1 aliphatic carbocycles. The highest BCUT2D eigenvalue weighted by Crippen LogP contribution is 2.52. The Morgan fingerprint density at radius 2 is 1.95 bits per heavy atom. The second-order valence-corrected chi connectivity index (χ2v) is 6.82. The summed E-state index contributed by atoms with van der Waals surface area (Å²) in [6, 6.07) is 0. The van der Waals surface area contributed by atoms with Gasteiger partial charge in [0.2, 0.25) is 6.41 Å². The van der Waals surface area contributed by atoms with Crippen LogP contribution in [-0.2, 0) is 9.53 Å². The molecule has 1 saturated carbocycles. The van der Waals surface area contributed by atoms with Crippen LogP contribution in [0.5, 0.6) is 0 Å². The van der Waals surface area contributed by atoms with E-state index in [2.05, 4.69) is 19.2 Å². The Morgan fingerprint density at radius 3 is 2.30 bits per heavy atom. The van der Waals surface area contributed by atoms with Crippen LogP contribution < -0.4 is 5.32 Å². The van der Waals surface area contributed by atoms with Crippen molar-refractivity contribution >= 4 is 6.41 Å². The number of nitrogens with zero attached hydrogens (tertiary/aromatic N) is 1. The molecule has 0 aromatic heterocycles. The van der Waals surface area contributed by atoms with Crippen LogP contribution in [0.4, 0.5) is 0 Å². The molecule has 1 spiro atoms. The summed E-state index contributed by atoms with van der Waals surface area (Å²) in [7, 11) is 3.75. The highest BCUT2D eigenvalue weighted by Gasteiger charge is 2.44. The quantitative estimate of drug-likeness (QED) is 0.787. The van der Waals surface area contributed by atoms with Gasteiger partial charge in [-0.1, -0.05) is 13.8 Å². The fourth-order valence-corrected chi connectivity index (χ4v) is 3.44. The van der Waals surface area contributed by atoms with Crippen LogP contribution >= 0.6 is 0 Å². The fraction of sp³-hybridized carbons (Fsp3) is 0.938. The summed E-state index contributed by atoms with van der Waals surface area (Å²) in [5, 5.41) is 3.24.